The van der Waals surface area contributed by atoms with Crippen molar-refractivity contribution in [1.82, 2.24) is 9.97 Å². The van der Waals surface area contributed by atoms with E-state index in [2.05, 4.69) is 38.1 Å². The molecule has 1 aromatic rings. The molecule has 1 rings (SSSR count). The highest BCUT2D eigenvalue weighted by Gasteiger charge is 2.10. The summed E-state index contributed by atoms with van der Waals surface area (Å²) in [4.78, 5) is 9.05. The van der Waals surface area contributed by atoms with E-state index in [1.54, 1.807) is 7.11 Å². The molecule has 0 amide bonds. The fourth-order valence-corrected chi connectivity index (χ4v) is 2.21. The largest absolute Gasteiger partial charge is 0.382 e. The van der Waals surface area contributed by atoms with E-state index in [0.29, 0.717) is 26.2 Å². The van der Waals surface area contributed by atoms with Crippen LogP contribution in [0.2, 0.25) is 0 Å². The molecule has 0 aliphatic rings. The Morgan fingerprint density at radius 2 is 1.95 bits per heavy atom. The number of nitrogens with zero attached hydrogens (tertiary/aromatic N) is 2. The first-order valence-electron chi connectivity index (χ1n) is 6.52. The van der Waals surface area contributed by atoms with Crippen molar-refractivity contribution < 1.29 is 9.47 Å². The Balaban J connectivity index is 2.64. The van der Waals surface area contributed by atoms with Gasteiger partial charge in [-0.25, -0.2) is 9.97 Å². The van der Waals surface area contributed by atoms with Gasteiger partial charge in [0.1, 0.15) is 11.6 Å². The van der Waals surface area contributed by atoms with Gasteiger partial charge in [0.15, 0.2) is 0 Å². The van der Waals surface area contributed by atoms with E-state index >= 15 is 0 Å². The Kier molecular flexibility index (Phi) is 7.93. The van der Waals surface area contributed by atoms with Crippen LogP contribution in [0.4, 0.5) is 5.82 Å². The molecule has 0 atom stereocenters. The molecule has 1 N–H and O–H groups in total. The summed E-state index contributed by atoms with van der Waals surface area (Å²) in [5.41, 5.74) is 1.05. The first kappa shape index (κ1) is 16.3. The predicted molar refractivity (Wildman–Crippen MR) is 79.7 cm³/mol. The third-order valence-corrected chi connectivity index (χ3v) is 3.42. The standard InChI is InChI=1S/C13H22BrN3O2/c1-4-5-10-12(14)13(15-2)17-11(16-10)6-7-19-9-8-18-3/h4-9H2,1-3H3,(H,15,16,17). The highest BCUT2D eigenvalue weighted by molar-refractivity contribution is 9.10. The Morgan fingerprint density at radius 1 is 1.16 bits per heavy atom. The predicted octanol–water partition coefficient (Wildman–Crippen LogP) is 2.44. The third kappa shape index (κ3) is 5.42. The summed E-state index contributed by atoms with van der Waals surface area (Å²) in [6.45, 7) is 3.97. The quantitative estimate of drug-likeness (QED) is 0.704. The lowest BCUT2D eigenvalue weighted by molar-refractivity contribution is 0.0716. The van der Waals surface area contributed by atoms with Gasteiger partial charge in [-0.3, -0.25) is 0 Å². The highest BCUT2D eigenvalue weighted by Crippen LogP contribution is 2.24. The Labute approximate surface area is 123 Å². The summed E-state index contributed by atoms with van der Waals surface area (Å²) >= 11 is 3.54. The fraction of sp³-hybridized carbons (Fsp3) is 0.692. The molecule has 1 aromatic heterocycles. The van der Waals surface area contributed by atoms with Crippen LogP contribution in [0.5, 0.6) is 0 Å². The Bertz CT molecular complexity index is 388. The molecule has 0 saturated carbocycles. The molecule has 0 unspecified atom stereocenters. The Hall–Kier alpha value is -0.720. The lowest BCUT2D eigenvalue weighted by atomic mass is 10.2. The minimum Gasteiger partial charge on any atom is -0.382 e. The van der Waals surface area contributed by atoms with E-state index in [9.17, 15) is 0 Å². The summed E-state index contributed by atoms with van der Waals surface area (Å²) in [6.07, 6.45) is 2.71. The molecular formula is C13H22BrN3O2. The minimum absolute atomic E-state index is 0.605. The van der Waals surface area contributed by atoms with E-state index in [4.69, 9.17) is 9.47 Å². The van der Waals surface area contributed by atoms with Gasteiger partial charge in [0, 0.05) is 20.6 Å². The van der Waals surface area contributed by atoms with E-state index in [1.807, 2.05) is 7.05 Å². The van der Waals surface area contributed by atoms with Gasteiger partial charge in [-0.15, -0.1) is 0 Å². The summed E-state index contributed by atoms with van der Waals surface area (Å²) < 4.78 is 11.3. The number of anilines is 1. The van der Waals surface area contributed by atoms with Crippen LogP contribution in [0.25, 0.3) is 0 Å². The van der Waals surface area contributed by atoms with Crippen molar-refractivity contribution in [3.63, 3.8) is 0 Å². The number of hydrogen-bond acceptors (Lipinski definition) is 5. The van der Waals surface area contributed by atoms with Gasteiger partial charge in [0.2, 0.25) is 0 Å². The highest BCUT2D eigenvalue weighted by atomic mass is 79.9. The molecule has 0 spiro atoms. The molecule has 0 aromatic carbocycles. The molecule has 6 heteroatoms. The van der Waals surface area contributed by atoms with Crippen molar-refractivity contribution in [3.05, 3.63) is 16.0 Å². The van der Waals surface area contributed by atoms with Crippen LogP contribution < -0.4 is 5.32 Å². The molecular weight excluding hydrogens is 310 g/mol. The summed E-state index contributed by atoms with van der Waals surface area (Å²) in [5, 5.41) is 3.09. The maximum atomic E-state index is 5.44. The average Bonchev–Trinajstić information content (AvgIpc) is 2.42. The second kappa shape index (κ2) is 9.23. The second-order valence-electron chi connectivity index (χ2n) is 4.10. The molecule has 0 bridgehead atoms. The number of hydrogen-bond donors (Lipinski definition) is 1. The van der Waals surface area contributed by atoms with Crippen LogP contribution in [-0.2, 0) is 22.3 Å². The summed E-state index contributed by atoms with van der Waals surface area (Å²) in [7, 11) is 3.53. The zero-order chi connectivity index (χ0) is 14.1. The molecule has 0 radical (unpaired) electrons. The maximum absolute atomic E-state index is 5.44. The third-order valence-electron chi connectivity index (χ3n) is 2.59. The monoisotopic (exact) mass is 331 g/mol. The molecule has 0 saturated heterocycles. The molecule has 19 heavy (non-hydrogen) atoms. The molecule has 0 fully saturated rings. The summed E-state index contributed by atoms with van der Waals surface area (Å²) in [6, 6.07) is 0. The first-order chi connectivity index (χ1) is 9.22. The molecule has 0 aliphatic heterocycles. The number of halogens is 1. The molecule has 0 aliphatic carbocycles. The second-order valence-corrected chi connectivity index (χ2v) is 4.90. The van der Waals surface area contributed by atoms with Crippen molar-refractivity contribution in [2.75, 3.05) is 39.3 Å². The number of aryl methyl sites for hydroxylation is 1. The topological polar surface area (TPSA) is 56.3 Å². The van der Waals surface area contributed by atoms with Crippen molar-refractivity contribution in [2.24, 2.45) is 0 Å². The van der Waals surface area contributed by atoms with Crippen molar-refractivity contribution >= 4 is 21.7 Å². The normalized spacial score (nSPS) is 10.7. The average molecular weight is 332 g/mol. The number of rotatable bonds is 9. The van der Waals surface area contributed by atoms with Crippen molar-refractivity contribution in [1.29, 1.82) is 0 Å². The van der Waals surface area contributed by atoms with Crippen LogP contribution >= 0.6 is 15.9 Å². The van der Waals surface area contributed by atoms with Gasteiger partial charge in [-0.1, -0.05) is 13.3 Å². The van der Waals surface area contributed by atoms with E-state index in [-0.39, 0.29) is 0 Å². The van der Waals surface area contributed by atoms with Crippen LogP contribution in [0.1, 0.15) is 24.9 Å². The number of ether oxygens (including phenoxy) is 2. The van der Waals surface area contributed by atoms with Crippen LogP contribution in [0.15, 0.2) is 4.47 Å². The van der Waals surface area contributed by atoms with Crippen molar-refractivity contribution in [3.8, 4) is 0 Å². The van der Waals surface area contributed by atoms with E-state index < -0.39 is 0 Å². The minimum atomic E-state index is 0.605. The van der Waals surface area contributed by atoms with Gasteiger partial charge in [-0.2, -0.15) is 0 Å². The van der Waals surface area contributed by atoms with E-state index in [1.165, 1.54) is 0 Å². The maximum Gasteiger partial charge on any atom is 0.144 e. The van der Waals surface area contributed by atoms with Gasteiger partial charge in [0.25, 0.3) is 0 Å². The van der Waals surface area contributed by atoms with E-state index in [0.717, 1.165) is 34.7 Å². The summed E-state index contributed by atoms with van der Waals surface area (Å²) in [5.74, 6) is 1.65. The zero-order valence-corrected chi connectivity index (χ0v) is 13.4. The smallest absolute Gasteiger partial charge is 0.144 e. The number of methoxy groups -OCH3 is 1. The number of aromatic nitrogens is 2. The molecule has 108 valence electrons. The van der Waals surface area contributed by atoms with Crippen LogP contribution in [0, 0.1) is 0 Å². The Morgan fingerprint density at radius 3 is 2.58 bits per heavy atom. The van der Waals surface area contributed by atoms with Gasteiger partial charge >= 0.3 is 0 Å². The first-order valence-corrected chi connectivity index (χ1v) is 7.31. The zero-order valence-electron chi connectivity index (χ0n) is 11.8. The molecule has 1 heterocycles. The SMILES string of the molecule is CCCc1nc(CCOCCOC)nc(NC)c1Br. The van der Waals surface area contributed by atoms with Gasteiger partial charge < -0.3 is 14.8 Å². The number of nitrogens with one attached hydrogen (secondary N) is 1. The van der Waals surface area contributed by atoms with Crippen LogP contribution in [-0.4, -0.2) is 43.9 Å². The molecule has 5 nitrogen and oxygen atoms in total. The lowest BCUT2D eigenvalue weighted by Gasteiger charge is -2.10. The van der Waals surface area contributed by atoms with Crippen molar-refractivity contribution in [2.45, 2.75) is 26.2 Å². The van der Waals surface area contributed by atoms with Gasteiger partial charge in [-0.05, 0) is 22.4 Å². The van der Waals surface area contributed by atoms with Gasteiger partial charge in [0.05, 0.1) is 30.0 Å². The lowest BCUT2D eigenvalue weighted by Crippen LogP contribution is -2.10. The fourth-order valence-electron chi connectivity index (χ4n) is 1.63. The van der Waals surface area contributed by atoms with Crippen LogP contribution in [0.3, 0.4) is 0 Å².